The van der Waals surface area contributed by atoms with Crippen LogP contribution in [0.1, 0.15) is 25.7 Å². The molecule has 1 saturated carbocycles. The van der Waals surface area contributed by atoms with Crippen LogP contribution in [0.15, 0.2) is 24.3 Å². The van der Waals surface area contributed by atoms with Gasteiger partial charge in [0.2, 0.25) is 5.91 Å². The third kappa shape index (κ3) is 4.21. The van der Waals surface area contributed by atoms with Gasteiger partial charge in [0.15, 0.2) is 0 Å². The van der Waals surface area contributed by atoms with Crippen molar-refractivity contribution in [1.29, 1.82) is 0 Å². The summed E-state index contributed by atoms with van der Waals surface area (Å²) in [7, 11) is 0. The van der Waals surface area contributed by atoms with E-state index in [2.05, 4.69) is 10.6 Å². The summed E-state index contributed by atoms with van der Waals surface area (Å²) in [6, 6.07) is 7.35. The van der Waals surface area contributed by atoms with Crippen LogP contribution in [0.5, 0.6) is 0 Å². The van der Waals surface area contributed by atoms with E-state index >= 15 is 0 Å². The van der Waals surface area contributed by atoms with E-state index < -0.39 is 6.10 Å². The van der Waals surface area contributed by atoms with Crippen molar-refractivity contribution in [1.82, 2.24) is 0 Å². The van der Waals surface area contributed by atoms with E-state index in [1.165, 1.54) is 0 Å². The molecule has 1 unspecified atom stereocenters. The Kier molecular flexibility index (Phi) is 5.38. The number of aliphatic hydroxyl groups is 2. The molecule has 0 heterocycles. The Hall–Kier alpha value is -1.59. The molecule has 1 aliphatic carbocycles. The van der Waals surface area contributed by atoms with Crippen molar-refractivity contribution in [2.45, 2.75) is 31.8 Å². The molecule has 0 saturated heterocycles. The van der Waals surface area contributed by atoms with Crippen LogP contribution in [0, 0.1) is 5.92 Å². The highest BCUT2D eigenvalue weighted by atomic mass is 16.3. The molecule has 2 rings (SSSR count). The maximum absolute atomic E-state index is 12.0. The standard InChI is InChI=1S/C15H22N2O3/c18-10-14(19)9-16-12-5-7-13(8-6-12)17-15(20)11-3-1-2-4-11/h5-8,11,14,16,18-19H,1-4,9-10H2,(H,17,20). The summed E-state index contributed by atoms with van der Waals surface area (Å²) >= 11 is 0. The maximum Gasteiger partial charge on any atom is 0.227 e. The van der Waals surface area contributed by atoms with Crippen LogP contribution in [-0.2, 0) is 4.79 Å². The molecule has 0 radical (unpaired) electrons. The molecular weight excluding hydrogens is 256 g/mol. The molecular formula is C15H22N2O3. The molecule has 0 aliphatic heterocycles. The van der Waals surface area contributed by atoms with E-state index in [1.54, 1.807) is 0 Å². The summed E-state index contributed by atoms with van der Waals surface area (Å²) in [6.45, 7) is 0.0345. The van der Waals surface area contributed by atoms with Gasteiger partial charge in [0.25, 0.3) is 0 Å². The lowest BCUT2D eigenvalue weighted by atomic mass is 10.1. The Morgan fingerprint density at radius 1 is 1.20 bits per heavy atom. The fourth-order valence-electron chi connectivity index (χ4n) is 2.40. The Labute approximate surface area is 119 Å². The molecule has 110 valence electrons. The number of carbonyl (C=O) groups is 1. The average molecular weight is 278 g/mol. The normalized spacial score (nSPS) is 16.9. The van der Waals surface area contributed by atoms with Crippen molar-refractivity contribution in [2.24, 2.45) is 5.92 Å². The number of hydrogen-bond acceptors (Lipinski definition) is 4. The summed E-state index contributed by atoms with van der Waals surface area (Å²) in [4.78, 5) is 12.0. The first-order valence-corrected chi connectivity index (χ1v) is 7.13. The SMILES string of the molecule is O=C(Nc1ccc(NCC(O)CO)cc1)C1CCCC1. The largest absolute Gasteiger partial charge is 0.394 e. The zero-order chi connectivity index (χ0) is 14.4. The van der Waals surface area contributed by atoms with E-state index in [0.717, 1.165) is 37.1 Å². The number of amides is 1. The van der Waals surface area contributed by atoms with Crippen molar-refractivity contribution in [3.63, 3.8) is 0 Å². The monoisotopic (exact) mass is 278 g/mol. The van der Waals surface area contributed by atoms with Crippen molar-refractivity contribution < 1.29 is 15.0 Å². The zero-order valence-electron chi connectivity index (χ0n) is 11.5. The highest BCUT2D eigenvalue weighted by Gasteiger charge is 2.22. The number of carbonyl (C=O) groups excluding carboxylic acids is 1. The minimum atomic E-state index is -0.767. The third-order valence-corrected chi connectivity index (χ3v) is 3.63. The van der Waals surface area contributed by atoms with Gasteiger partial charge < -0.3 is 20.8 Å². The number of rotatable bonds is 6. The highest BCUT2D eigenvalue weighted by molar-refractivity contribution is 5.92. The van der Waals surface area contributed by atoms with Gasteiger partial charge in [-0.25, -0.2) is 0 Å². The first-order chi connectivity index (χ1) is 9.69. The summed E-state index contributed by atoms with van der Waals surface area (Å²) in [5, 5.41) is 23.9. The smallest absolute Gasteiger partial charge is 0.227 e. The number of benzene rings is 1. The minimum Gasteiger partial charge on any atom is -0.394 e. The average Bonchev–Trinajstić information content (AvgIpc) is 3.00. The van der Waals surface area contributed by atoms with Crippen LogP contribution >= 0.6 is 0 Å². The van der Waals surface area contributed by atoms with Gasteiger partial charge in [-0.05, 0) is 37.1 Å². The van der Waals surface area contributed by atoms with E-state index in [-0.39, 0.29) is 18.4 Å². The molecule has 1 amide bonds. The van der Waals surface area contributed by atoms with Crippen molar-refractivity contribution in [3.05, 3.63) is 24.3 Å². The number of aliphatic hydroxyl groups excluding tert-OH is 2. The van der Waals surface area contributed by atoms with Gasteiger partial charge in [0.1, 0.15) is 0 Å². The van der Waals surface area contributed by atoms with Gasteiger partial charge >= 0.3 is 0 Å². The quantitative estimate of drug-likeness (QED) is 0.637. The van der Waals surface area contributed by atoms with Crippen LogP contribution in [-0.4, -0.2) is 35.4 Å². The van der Waals surface area contributed by atoms with E-state index in [0.29, 0.717) is 6.54 Å². The highest BCUT2D eigenvalue weighted by Crippen LogP contribution is 2.26. The Morgan fingerprint density at radius 2 is 1.80 bits per heavy atom. The molecule has 1 aromatic rings. The van der Waals surface area contributed by atoms with E-state index in [9.17, 15) is 9.90 Å². The van der Waals surface area contributed by atoms with Gasteiger partial charge in [-0.15, -0.1) is 0 Å². The molecule has 4 N–H and O–H groups in total. The second-order valence-corrected chi connectivity index (χ2v) is 5.27. The molecule has 0 spiro atoms. The summed E-state index contributed by atoms with van der Waals surface area (Å²) in [6.07, 6.45) is 3.51. The molecule has 1 aliphatic rings. The Bertz CT molecular complexity index is 427. The predicted molar refractivity (Wildman–Crippen MR) is 78.6 cm³/mol. The van der Waals surface area contributed by atoms with Crippen molar-refractivity contribution in [3.8, 4) is 0 Å². The number of nitrogens with one attached hydrogen (secondary N) is 2. The third-order valence-electron chi connectivity index (χ3n) is 3.63. The summed E-state index contributed by atoms with van der Waals surface area (Å²) in [5.41, 5.74) is 1.63. The van der Waals surface area contributed by atoms with Gasteiger partial charge in [0.05, 0.1) is 12.7 Å². The lowest BCUT2D eigenvalue weighted by Gasteiger charge is -2.12. The fraction of sp³-hybridized carbons (Fsp3) is 0.533. The lowest BCUT2D eigenvalue weighted by Crippen LogP contribution is -2.23. The first kappa shape index (κ1) is 14.8. The fourth-order valence-corrected chi connectivity index (χ4v) is 2.40. The summed E-state index contributed by atoms with van der Waals surface area (Å²) < 4.78 is 0. The van der Waals surface area contributed by atoms with E-state index in [1.807, 2.05) is 24.3 Å². The summed E-state index contributed by atoms with van der Waals surface area (Å²) in [5.74, 6) is 0.270. The van der Waals surface area contributed by atoms with Crippen molar-refractivity contribution >= 4 is 17.3 Å². The molecule has 0 aromatic heterocycles. The zero-order valence-corrected chi connectivity index (χ0v) is 11.5. The van der Waals surface area contributed by atoms with Crippen LogP contribution in [0.4, 0.5) is 11.4 Å². The second-order valence-electron chi connectivity index (χ2n) is 5.27. The molecule has 0 bridgehead atoms. The van der Waals surface area contributed by atoms with Gasteiger partial charge in [-0.1, -0.05) is 12.8 Å². The lowest BCUT2D eigenvalue weighted by molar-refractivity contribution is -0.119. The maximum atomic E-state index is 12.0. The molecule has 5 nitrogen and oxygen atoms in total. The van der Waals surface area contributed by atoms with E-state index in [4.69, 9.17) is 5.11 Å². The minimum absolute atomic E-state index is 0.110. The van der Waals surface area contributed by atoms with Gasteiger partial charge in [-0.2, -0.15) is 0 Å². The Balaban J connectivity index is 1.83. The number of hydrogen-bond donors (Lipinski definition) is 4. The first-order valence-electron chi connectivity index (χ1n) is 7.13. The van der Waals surface area contributed by atoms with Gasteiger partial charge in [-0.3, -0.25) is 4.79 Å². The Morgan fingerprint density at radius 3 is 2.40 bits per heavy atom. The van der Waals surface area contributed by atoms with Crippen LogP contribution < -0.4 is 10.6 Å². The molecule has 1 aromatic carbocycles. The van der Waals surface area contributed by atoms with Crippen LogP contribution in [0.2, 0.25) is 0 Å². The number of anilines is 2. The molecule has 5 heteroatoms. The molecule has 1 atom stereocenters. The molecule has 20 heavy (non-hydrogen) atoms. The van der Waals surface area contributed by atoms with Gasteiger partial charge in [0, 0.05) is 23.8 Å². The van der Waals surface area contributed by atoms with Crippen LogP contribution in [0.3, 0.4) is 0 Å². The molecule has 1 fully saturated rings. The topological polar surface area (TPSA) is 81.6 Å². The van der Waals surface area contributed by atoms with Crippen LogP contribution in [0.25, 0.3) is 0 Å². The van der Waals surface area contributed by atoms with Crippen molar-refractivity contribution in [2.75, 3.05) is 23.8 Å². The second kappa shape index (κ2) is 7.26. The predicted octanol–water partition coefficient (Wildman–Crippen LogP) is 1.58.